The summed E-state index contributed by atoms with van der Waals surface area (Å²) in [4.78, 5) is 15.7. The number of aliphatic hydroxyl groups excluding tert-OH is 2. The van der Waals surface area contributed by atoms with Crippen LogP contribution in [0.2, 0.25) is 0 Å². The lowest BCUT2D eigenvalue weighted by Gasteiger charge is -2.46. The molecule has 0 aliphatic carbocycles. The second-order valence-corrected chi connectivity index (χ2v) is 9.61. The largest absolute Gasteiger partial charge is 0.393 e. The zero-order chi connectivity index (χ0) is 20.4. The lowest BCUT2D eigenvalue weighted by molar-refractivity contribution is -0.159. The molecule has 0 radical (unpaired) electrons. The number of nitrogens with zero attached hydrogens (tertiary/aromatic N) is 2. The Hall–Kier alpha value is -1.86. The summed E-state index contributed by atoms with van der Waals surface area (Å²) in [7, 11) is 0. The number of hydrogen-bond donors (Lipinski definition) is 2. The van der Waals surface area contributed by atoms with Crippen LogP contribution >= 0.6 is 11.9 Å². The summed E-state index contributed by atoms with van der Waals surface area (Å²) in [6, 6.07) is 10.5. The Balaban J connectivity index is 1.40. The van der Waals surface area contributed by atoms with E-state index in [4.69, 9.17) is 0 Å². The van der Waals surface area contributed by atoms with Crippen LogP contribution in [0.15, 0.2) is 46.5 Å². The number of β-lactam (4-membered cyclic amide) rings is 1. The van der Waals surface area contributed by atoms with Crippen molar-refractivity contribution in [2.24, 2.45) is 11.8 Å². The third kappa shape index (κ3) is 2.70. The van der Waals surface area contributed by atoms with Gasteiger partial charge in [0, 0.05) is 29.6 Å². The first-order valence-corrected chi connectivity index (χ1v) is 11.0. The molecule has 4 atom stereocenters. The van der Waals surface area contributed by atoms with E-state index in [1.54, 1.807) is 18.9 Å². The highest BCUT2D eigenvalue weighted by Crippen LogP contribution is 2.48. The van der Waals surface area contributed by atoms with Crippen molar-refractivity contribution in [2.75, 3.05) is 6.54 Å². The molecular weight excluding hydrogens is 384 g/mol. The van der Waals surface area contributed by atoms with Gasteiger partial charge in [0.05, 0.1) is 24.7 Å². The normalized spacial score (nSPS) is 27.4. The van der Waals surface area contributed by atoms with Gasteiger partial charge in [-0.3, -0.25) is 4.79 Å². The fraction of sp³-hybridized carbons (Fsp3) is 0.435. The first-order chi connectivity index (χ1) is 13.9. The third-order valence-electron chi connectivity index (χ3n) is 6.90. The van der Waals surface area contributed by atoms with Crippen molar-refractivity contribution < 1.29 is 15.0 Å². The van der Waals surface area contributed by atoms with E-state index in [0.717, 1.165) is 29.7 Å². The second-order valence-electron chi connectivity index (χ2n) is 8.47. The van der Waals surface area contributed by atoms with E-state index >= 15 is 0 Å². The summed E-state index contributed by atoms with van der Waals surface area (Å²) in [6.45, 7) is 7.64. The summed E-state index contributed by atoms with van der Waals surface area (Å²) in [5.41, 5.74) is 4.64. The van der Waals surface area contributed by atoms with E-state index < -0.39 is 6.10 Å². The van der Waals surface area contributed by atoms with Gasteiger partial charge in [0.15, 0.2) is 0 Å². The summed E-state index contributed by atoms with van der Waals surface area (Å²) in [6.07, 6.45) is -0.601. The smallest absolute Gasteiger partial charge is 0.234 e. The molecule has 1 saturated heterocycles. The van der Waals surface area contributed by atoms with Crippen LogP contribution in [0.5, 0.6) is 0 Å². The van der Waals surface area contributed by atoms with E-state index in [2.05, 4.69) is 29.4 Å². The van der Waals surface area contributed by atoms with Crippen LogP contribution in [0.3, 0.4) is 0 Å². The minimum absolute atomic E-state index is 0.0479. The molecule has 2 aromatic carbocycles. The molecule has 3 heterocycles. The van der Waals surface area contributed by atoms with Crippen LogP contribution in [-0.2, 0) is 17.9 Å². The summed E-state index contributed by atoms with van der Waals surface area (Å²) in [5.74, 6) is 0.0420. The Kier molecular flexibility index (Phi) is 4.51. The maximum Gasteiger partial charge on any atom is 0.234 e. The molecular formula is C23H26N2O3S. The Morgan fingerprint density at radius 2 is 2.03 bits per heavy atom. The summed E-state index contributed by atoms with van der Waals surface area (Å²) in [5, 5.41) is 22.0. The lowest BCUT2D eigenvalue weighted by Crippen LogP contribution is -2.62. The Bertz CT molecular complexity index is 1050. The van der Waals surface area contributed by atoms with Gasteiger partial charge in [0.2, 0.25) is 5.91 Å². The molecule has 6 heteroatoms. The highest BCUT2D eigenvalue weighted by Gasteiger charge is 2.57. The zero-order valence-corrected chi connectivity index (χ0v) is 17.7. The van der Waals surface area contributed by atoms with Crippen molar-refractivity contribution in [3.63, 3.8) is 0 Å². The molecule has 3 aliphatic heterocycles. The molecule has 152 valence electrons. The quantitative estimate of drug-likeness (QED) is 0.598. The minimum atomic E-state index is -0.601. The molecule has 2 aromatic rings. The zero-order valence-electron chi connectivity index (χ0n) is 16.9. The predicted molar refractivity (Wildman–Crippen MR) is 114 cm³/mol. The molecule has 0 aromatic heterocycles. The van der Waals surface area contributed by atoms with Crippen molar-refractivity contribution in [2.45, 2.75) is 51.0 Å². The van der Waals surface area contributed by atoms with Crippen molar-refractivity contribution in [1.82, 2.24) is 9.21 Å². The maximum atomic E-state index is 12.5. The second kappa shape index (κ2) is 6.84. The molecule has 29 heavy (non-hydrogen) atoms. The van der Waals surface area contributed by atoms with Gasteiger partial charge in [-0.1, -0.05) is 31.2 Å². The Morgan fingerprint density at radius 3 is 2.76 bits per heavy atom. The van der Waals surface area contributed by atoms with Gasteiger partial charge in [-0.25, -0.2) is 4.31 Å². The Labute approximate surface area is 175 Å². The molecule has 1 fully saturated rings. The number of benzene rings is 2. The van der Waals surface area contributed by atoms with Gasteiger partial charge in [0.25, 0.3) is 0 Å². The first kappa shape index (κ1) is 19.1. The van der Waals surface area contributed by atoms with Gasteiger partial charge in [-0.15, -0.1) is 0 Å². The van der Waals surface area contributed by atoms with Crippen molar-refractivity contribution in [3.8, 4) is 0 Å². The van der Waals surface area contributed by atoms with Gasteiger partial charge >= 0.3 is 0 Å². The first-order valence-electron chi connectivity index (χ1n) is 10.2. The molecule has 5 rings (SSSR count). The average molecular weight is 411 g/mol. The standard InChI is InChI=1S/C23H26N2O3S/c1-12-18(13(2)25-22(12)21(14(3)27)23(25)28)9-24-10-19-17-6-4-5-15(11-26)16(17)7-8-20(19)29-24/h4-8,12,14,21-22,26-27H,9-11H2,1-3H3/t12-,14?,21?,22?/m0/s1. The molecule has 1 amide bonds. The number of fused-ring (bicyclic) bond motifs is 4. The van der Waals surface area contributed by atoms with Gasteiger partial charge in [0.1, 0.15) is 0 Å². The fourth-order valence-electron chi connectivity index (χ4n) is 5.37. The van der Waals surface area contributed by atoms with Crippen LogP contribution in [0, 0.1) is 11.8 Å². The SMILES string of the molecule is CC1=C(CN2Cc3c(ccc4c(CO)cccc34)S2)[C@H](C)C2C(C(C)O)C(=O)N12. The predicted octanol–water partition coefficient (Wildman–Crippen LogP) is 3.29. The number of rotatable bonds is 4. The van der Waals surface area contributed by atoms with Gasteiger partial charge in [-0.2, -0.15) is 0 Å². The van der Waals surface area contributed by atoms with Crippen molar-refractivity contribution >= 4 is 28.6 Å². The molecule has 0 spiro atoms. The fourth-order valence-corrected chi connectivity index (χ4v) is 6.46. The average Bonchev–Trinajstić information content (AvgIpc) is 3.19. The molecule has 2 N–H and O–H groups in total. The van der Waals surface area contributed by atoms with Crippen LogP contribution < -0.4 is 0 Å². The van der Waals surface area contributed by atoms with Crippen molar-refractivity contribution in [3.05, 3.63) is 52.7 Å². The van der Waals surface area contributed by atoms with E-state index in [0.29, 0.717) is 0 Å². The van der Waals surface area contributed by atoms with E-state index in [-0.39, 0.29) is 30.4 Å². The number of amides is 1. The van der Waals surface area contributed by atoms with Crippen LogP contribution in [0.4, 0.5) is 0 Å². The van der Waals surface area contributed by atoms with Crippen LogP contribution in [-0.4, -0.2) is 44.0 Å². The van der Waals surface area contributed by atoms with E-state index in [9.17, 15) is 15.0 Å². The monoisotopic (exact) mass is 410 g/mol. The summed E-state index contributed by atoms with van der Waals surface area (Å²) >= 11 is 1.77. The van der Waals surface area contributed by atoms with Gasteiger partial charge < -0.3 is 15.1 Å². The van der Waals surface area contributed by atoms with E-state index in [1.807, 2.05) is 24.0 Å². The molecule has 3 aliphatic rings. The minimum Gasteiger partial charge on any atom is -0.393 e. The number of carbonyl (C=O) groups is 1. The number of hydrogen-bond acceptors (Lipinski definition) is 5. The maximum absolute atomic E-state index is 12.5. The number of allylic oxidation sites excluding steroid dienone is 1. The third-order valence-corrected chi connectivity index (χ3v) is 7.99. The van der Waals surface area contributed by atoms with Gasteiger partial charge in [-0.05, 0) is 59.3 Å². The highest BCUT2D eigenvalue weighted by atomic mass is 32.2. The molecule has 0 bridgehead atoms. The van der Waals surface area contributed by atoms with E-state index in [1.165, 1.54) is 21.4 Å². The number of carbonyl (C=O) groups excluding carboxylic acids is 1. The lowest BCUT2D eigenvalue weighted by atomic mass is 9.78. The van der Waals surface area contributed by atoms with Crippen molar-refractivity contribution in [1.29, 1.82) is 0 Å². The molecule has 3 unspecified atom stereocenters. The Morgan fingerprint density at radius 1 is 1.24 bits per heavy atom. The summed E-state index contributed by atoms with van der Waals surface area (Å²) < 4.78 is 2.36. The van der Waals surface area contributed by atoms with Crippen LogP contribution in [0.1, 0.15) is 31.9 Å². The number of aliphatic hydroxyl groups is 2. The molecule has 5 nitrogen and oxygen atoms in total. The topological polar surface area (TPSA) is 64.0 Å². The van der Waals surface area contributed by atoms with Crippen LogP contribution in [0.25, 0.3) is 10.8 Å². The molecule has 0 saturated carbocycles. The highest BCUT2D eigenvalue weighted by molar-refractivity contribution is 7.97.